The van der Waals surface area contributed by atoms with Crippen molar-refractivity contribution in [1.82, 2.24) is 15.2 Å². The van der Waals surface area contributed by atoms with Crippen molar-refractivity contribution in [2.24, 2.45) is 0 Å². The lowest BCUT2D eigenvalue weighted by atomic mass is 10.2. The molecule has 2 heterocycles. The van der Waals surface area contributed by atoms with Gasteiger partial charge in [0.15, 0.2) is 0 Å². The number of carbonyl (C=O) groups excluding carboxylic acids is 1. The molecule has 0 saturated carbocycles. The first kappa shape index (κ1) is 11.5. The van der Waals surface area contributed by atoms with Gasteiger partial charge in [0.1, 0.15) is 5.69 Å². The number of hydrogen-bond acceptors (Lipinski definition) is 3. The fraction of sp³-hybridized carbons (Fsp3) is 0.455. The van der Waals surface area contributed by atoms with Crippen LogP contribution in [0.4, 0.5) is 0 Å². The number of amides is 1. The van der Waals surface area contributed by atoms with Gasteiger partial charge in [0, 0.05) is 30.3 Å². The van der Waals surface area contributed by atoms with Crippen molar-refractivity contribution in [2.45, 2.75) is 12.5 Å². The van der Waals surface area contributed by atoms with Crippen LogP contribution in [0.25, 0.3) is 0 Å². The average Bonchev–Trinajstić information content (AvgIpc) is 2.81. The molecule has 5 heteroatoms. The highest BCUT2D eigenvalue weighted by Crippen LogP contribution is 2.12. The zero-order valence-corrected chi connectivity index (χ0v) is 10.7. The summed E-state index contributed by atoms with van der Waals surface area (Å²) < 4.78 is 0.884. The molecule has 0 radical (unpaired) electrons. The molecule has 86 valence electrons. The minimum atomic E-state index is -0.0128. The summed E-state index contributed by atoms with van der Waals surface area (Å²) in [6, 6.07) is 3.87. The molecule has 1 N–H and O–H groups in total. The number of pyridine rings is 1. The van der Waals surface area contributed by atoms with E-state index in [2.05, 4.69) is 26.2 Å². The highest BCUT2D eigenvalue weighted by atomic mass is 79.9. The van der Waals surface area contributed by atoms with Gasteiger partial charge in [-0.3, -0.25) is 4.79 Å². The Morgan fingerprint density at radius 2 is 2.44 bits per heavy atom. The Morgan fingerprint density at radius 3 is 3.00 bits per heavy atom. The third-order valence-corrected chi connectivity index (χ3v) is 3.32. The van der Waals surface area contributed by atoms with Gasteiger partial charge in [-0.15, -0.1) is 0 Å². The van der Waals surface area contributed by atoms with Crippen LogP contribution in [0.1, 0.15) is 16.9 Å². The summed E-state index contributed by atoms with van der Waals surface area (Å²) in [5, 5.41) is 3.25. The van der Waals surface area contributed by atoms with E-state index in [0.717, 1.165) is 24.0 Å². The molecule has 0 aromatic carbocycles. The van der Waals surface area contributed by atoms with Crippen molar-refractivity contribution in [3.63, 3.8) is 0 Å². The number of nitrogens with one attached hydrogen (secondary N) is 1. The topological polar surface area (TPSA) is 45.2 Å². The molecule has 1 aliphatic rings. The lowest BCUT2D eigenvalue weighted by Crippen LogP contribution is -2.38. The number of halogens is 1. The summed E-state index contributed by atoms with van der Waals surface area (Å²) >= 11 is 3.30. The van der Waals surface area contributed by atoms with Gasteiger partial charge in [-0.2, -0.15) is 0 Å². The Balaban J connectivity index is 2.08. The summed E-state index contributed by atoms with van der Waals surface area (Å²) in [7, 11) is 1.84. The predicted molar refractivity (Wildman–Crippen MR) is 65.3 cm³/mol. The number of rotatable bonds is 2. The van der Waals surface area contributed by atoms with E-state index in [4.69, 9.17) is 0 Å². The van der Waals surface area contributed by atoms with E-state index < -0.39 is 0 Å². The Labute approximate surface area is 103 Å². The molecule has 0 bridgehead atoms. The van der Waals surface area contributed by atoms with Gasteiger partial charge >= 0.3 is 0 Å². The van der Waals surface area contributed by atoms with Gasteiger partial charge < -0.3 is 10.2 Å². The van der Waals surface area contributed by atoms with Crippen LogP contribution in [0.2, 0.25) is 0 Å². The summed E-state index contributed by atoms with van der Waals surface area (Å²) in [6.07, 6.45) is 2.66. The minimum absolute atomic E-state index is 0.0128. The Kier molecular flexibility index (Phi) is 3.56. The molecule has 0 spiro atoms. The highest BCUT2D eigenvalue weighted by Gasteiger charge is 2.24. The summed E-state index contributed by atoms with van der Waals surface area (Å²) in [6.45, 7) is 1.86. The Bertz CT molecular complexity index is 373. The van der Waals surface area contributed by atoms with Gasteiger partial charge in [0.05, 0.1) is 0 Å². The van der Waals surface area contributed by atoms with Crippen LogP contribution < -0.4 is 5.32 Å². The first-order valence-electron chi connectivity index (χ1n) is 5.28. The number of likely N-dealkylation sites (N-methyl/N-ethyl adjacent to an activating group) is 1. The molecule has 1 unspecified atom stereocenters. The van der Waals surface area contributed by atoms with Crippen LogP contribution in [0, 0.1) is 0 Å². The van der Waals surface area contributed by atoms with Crippen molar-refractivity contribution in [2.75, 3.05) is 20.1 Å². The van der Waals surface area contributed by atoms with Gasteiger partial charge in [-0.25, -0.2) is 4.98 Å². The Hall–Kier alpha value is -0.940. The normalized spacial score (nSPS) is 19.8. The molecular weight excluding hydrogens is 270 g/mol. The SMILES string of the molecule is CN(C(=O)c1ccc(Br)cn1)C1CCNC1. The summed E-state index contributed by atoms with van der Waals surface area (Å²) in [4.78, 5) is 17.9. The minimum Gasteiger partial charge on any atom is -0.336 e. The molecule has 1 saturated heterocycles. The van der Waals surface area contributed by atoms with Crippen LogP contribution in [0.5, 0.6) is 0 Å². The van der Waals surface area contributed by atoms with Gasteiger partial charge in [-0.05, 0) is 41.0 Å². The Morgan fingerprint density at radius 1 is 1.62 bits per heavy atom. The first-order valence-corrected chi connectivity index (χ1v) is 6.07. The quantitative estimate of drug-likeness (QED) is 0.889. The molecular formula is C11H14BrN3O. The maximum Gasteiger partial charge on any atom is 0.272 e. The summed E-state index contributed by atoms with van der Waals surface area (Å²) in [5.41, 5.74) is 0.498. The molecule has 1 aliphatic heterocycles. The number of carbonyl (C=O) groups is 1. The van der Waals surface area contributed by atoms with Crippen molar-refractivity contribution in [1.29, 1.82) is 0 Å². The van der Waals surface area contributed by atoms with Crippen molar-refractivity contribution < 1.29 is 4.79 Å². The zero-order valence-electron chi connectivity index (χ0n) is 9.11. The van der Waals surface area contributed by atoms with E-state index >= 15 is 0 Å². The zero-order chi connectivity index (χ0) is 11.5. The molecule has 16 heavy (non-hydrogen) atoms. The predicted octanol–water partition coefficient (Wildman–Crippen LogP) is 1.28. The van der Waals surface area contributed by atoms with Crippen LogP contribution in [-0.4, -0.2) is 42.0 Å². The number of hydrogen-bond donors (Lipinski definition) is 1. The molecule has 1 aromatic rings. The number of nitrogens with zero attached hydrogens (tertiary/aromatic N) is 2. The number of aromatic nitrogens is 1. The maximum absolute atomic E-state index is 12.1. The molecule has 1 amide bonds. The lowest BCUT2D eigenvalue weighted by molar-refractivity contribution is 0.0738. The third kappa shape index (κ3) is 2.41. The van der Waals surface area contributed by atoms with E-state index in [0.29, 0.717) is 5.69 Å². The van der Waals surface area contributed by atoms with E-state index in [1.807, 2.05) is 13.1 Å². The van der Waals surface area contributed by atoms with Crippen LogP contribution in [0.3, 0.4) is 0 Å². The lowest BCUT2D eigenvalue weighted by Gasteiger charge is -2.23. The molecule has 4 nitrogen and oxygen atoms in total. The second-order valence-corrected chi connectivity index (χ2v) is 4.84. The monoisotopic (exact) mass is 283 g/mol. The molecule has 1 fully saturated rings. The van der Waals surface area contributed by atoms with Gasteiger partial charge in [-0.1, -0.05) is 0 Å². The smallest absolute Gasteiger partial charge is 0.272 e. The van der Waals surface area contributed by atoms with E-state index in [-0.39, 0.29) is 11.9 Å². The van der Waals surface area contributed by atoms with Gasteiger partial charge in [0.25, 0.3) is 5.91 Å². The molecule has 1 atom stereocenters. The molecule has 1 aromatic heterocycles. The summed E-state index contributed by atoms with van der Waals surface area (Å²) in [5.74, 6) is -0.0128. The standard InChI is InChI=1S/C11H14BrN3O/c1-15(9-4-5-13-7-9)11(16)10-3-2-8(12)6-14-10/h2-3,6,9,13H,4-5,7H2,1H3. The van der Waals surface area contributed by atoms with Gasteiger partial charge in [0.2, 0.25) is 0 Å². The maximum atomic E-state index is 12.1. The average molecular weight is 284 g/mol. The van der Waals surface area contributed by atoms with Crippen molar-refractivity contribution >= 4 is 21.8 Å². The molecule has 0 aliphatic carbocycles. The van der Waals surface area contributed by atoms with Crippen LogP contribution >= 0.6 is 15.9 Å². The second-order valence-electron chi connectivity index (χ2n) is 3.92. The largest absolute Gasteiger partial charge is 0.336 e. The van der Waals surface area contributed by atoms with Crippen molar-refractivity contribution in [3.8, 4) is 0 Å². The van der Waals surface area contributed by atoms with Crippen molar-refractivity contribution in [3.05, 3.63) is 28.5 Å². The second kappa shape index (κ2) is 4.93. The van der Waals surface area contributed by atoms with Crippen LogP contribution in [-0.2, 0) is 0 Å². The fourth-order valence-electron chi connectivity index (χ4n) is 1.82. The van der Waals surface area contributed by atoms with Crippen LogP contribution in [0.15, 0.2) is 22.8 Å². The van der Waals surface area contributed by atoms with E-state index in [1.54, 1.807) is 17.2 Å². The third-order valence-electron chi connectivity index (χ3n) is 2.85. The first-order chi connectivity index (χ1) is 7.68. The fourth-order valence-corrected chi connectivity index (χ4v) is 2.05. The van der Waals surface area contributed by atoms with E-state index in [9.17, 15) is 4.79 Å². The van der Waals surface area contributed by atoms with E-state index in [1.165, 1.54) is 0 Å². The highest BCUT2D eigenvalue weighted by molar-refractivity contribution is 9.10. The molecule has 2 rings (SSSR count).